The summed E-state index contributed by atoms with van der Waals surface area (Å²) in [4.78, 5) is 13.7. The van der Waals surface area contributed by atoms with Crippen LogP contribution in [0.3, 0.4) is 0 Å². The summed E-state index contributed by atoms with van der Waals surface area (Å²) >= 11 is 0. The number of carbonyl (C=O) groups excluding carboxylic acids is 1. The second-order valence-corrected chi connectivity index (χ2v) is 4.97. The summed E-state index contributed by atoms with van der Waals surface area (Å²) in [7, 11) is 2.08. The molecule has 0 aromatic rings. The summed E-state index contributed by atoms with van der Waals surface area (Å²) in [5.41, 5.74) is 4.84. The lowest BCUT2D eigenvalue weighted by atomic mass is 9.96. The first-order chi connectivity index (χ1) is 7.99. The van der Waals surface area contributed by atoms with Crippen LogP contribution in [-0.4, -0.2) is 55.7 Å². The zero-order chi connectivity index (χ0) is 12.9. The number of nitrogens with zero attached hydrogens (tertiary/aromatic N) is 1. The molecule has 17 heavy (non-hydrogen) atoms. The van der Waals surface area contributed by atoms with Crippen LogP contribution in [0.5, 0.6) is 0 Å². The van der Waals surface area contributed by atoms with E-state index in [1.54, 1.807) is 0 Å². The average molecular weight is 243 g/mol. The fourth-order valence-electron chi connectivity index (χ4n) is 2.14. The Hall–Kier alpha value is -0.650. The number of hydrogen-bond acceptors (Lipinski definition) is 4. The third-order valence-electron chi connectivity index (χ3n) is 3.60. The van der Waals surface area contributed by atoms with Gasteiger partial charge in [0.25, 0.3) is 0 Å². The van der Waals surface area contributed by atoms with E-state index >= 15 is 0 Å². The molecule has 1 saturated heterocycles. The van der Waals surface area contributed by atoms with E-state index in [1.165, 1.54) is 0 Å². The minimum Gasteiger partial charge on any atom is -0.380 e. The van der Waals surface area contributed by atoms with Crippen molar-refractivity contribution in [3.8, 4) is 0 Å². The zero-order valence-electron chi connectivity index (χ0n) is 11.2. The molecule has 1 amide bonds. The van der Waals surface area contributed by atoms with Gasteiger partial charge in [-0.1, -0.05) is 6.92 Å². The molecule has 0 radical (unpaired) electrons. The smallest absolute Gasteiger partial charge is 0.237 e. The van der Waals surface area contributed by atoms with Gasteiger partial charge in [0, 0.05) is 19.2 Å². The number of hydrogen-bond donors (Lipinski definition) is 2. The molecule has 1 fully saturated rings. The van der Waals surface area contributed by atoms with Gasteiger partial charge in [-0.15, -0.1) is 0 Å². The molecule has 0 aromatic carbocycles. The zero-order valence-corrected chi connectivity index (χ0v) is 11.2. The molecule has 2 atom stereocenters. The van der Waals surface area contributed by atoms with Gasteiger partial charge >= 0.3 is 0 Å². The summed E-state index contributed by atoms with van der Waals surface area (Å²) in [5.74, 6) is -0.282. The van der Waals surface area contributed by atoms with Crippen molar-refractivity contribution in [2.45, 2.75) is 38.3 Å². The van der Waals surface area contributed by atoms with Crippen LogP contribution in [0.25, 0.3) is 0 Å². The van der Waals surface area contributed by atoms with Crippen molar-refractivity contribution in [2.75, 3.05) is 33.4 Å². The number of ether oxygens (including phenoxy) is 1. The second kappa shape index (κ2) is 6.33. The summed E-state index contributed by atoms with van der Waals surface area (Å²) < 4.78 is 5.36. The van der Waals surface area contributed by atoms with Gasteiger partial charge in [0.1, 0.15) is 0 Å². The maximum Gasteiger partial charge on any atom is 0.237 e. The minimum absolute atomic E-state index is 0.282. The summed E-state index contributed by atoms with van der Waals surface area (Å²) in [6, 6.07) is 0.480. The van der Waals surface area contributed by atoms with Gasteiger partial charge in [0.2, 0.25) is 5.91 Å². The third kappa shape index (κ3) is 3.94. The summed E-state index contributed by atoms with van der Waals surface area (Å²) in [5, 5.41) is 3.17. The molecule has 1 aliphatic heterocycles. The molecule has 1 aliphatic rings. The standard InChI is InChI=1S/C12H25N3O2/c1-4-14-12(2,11(13)16)6-7-15(3)10-5-8-17-9-10/h10,14H,4-9H2,1-3H3,(H2,13,16). The third-order valence-corrected chi connectivity index (χ3v) is 3.60. The Balaban J connectivity index is 2.42. The highest BCUT2D eigenvalue weighted by molar-refractivity contribution is 5.84. The van der Waals surface area contributed by atoms with Crippen LogP contribution in [0.1, 0.15) is 26.7 Å². The van der Waals surface area contributed by atoms with Gasteiger partial charge in [-0.05, 0) is 33.4 Å². The number of likely N-dealkylation sites (N-methyl/N-ethyl adjacent to an activating group) is 2. The highest BCUT2D eigenvalue weighted by Gasteiger charge is 2.31. The van der Waals surface area contributed by atoms with Crippen LogP contribution in [0.2, 0.25) is 0 Å². The van der Waals surface area contributed by atoms with Crippen molar-refractivity contribution in [2.24, 2.45) is 5.73 Å². The molecule has 0 saturated carbocycles. The topological polar surface area (TPSA) is 67.6 Å². The van der Waals surface area contributed by atoms with Gasteiger partial charge in [0.05, 0.1) is 12.1 Å². The van der Waals surface area contributed by atoms with Gasteiger partial charge in [0.15, 0.2) is 0 Å². The normalized spacial score (nSPS) is 23.9. The summed E-state index contributed by atoms with van der Waals surface area (Å²) in [6.45, 7) is 7.09. The number of nitrogens with two attached hydrogens (primary N) is 1. The van der Waals surface area contributed by atoms with Crippen LogP contribution in [0, 0.1) is 0 Å². The molecule has 1 rings (SSSR count). The van der Waals surface area contributed by atoms with Gasteiger partial charge in [-0.3, -0.25) is 4.79 Å². The average Bonchev–Trinajstić information content (AvgIpc) is 2.79. The molecule has 5 heteroatoms. The van der Waals surface area contributed by atoms with Crippen molar-refractivity contribution < 1.29 is 9.53 Å². The minimum atomic E-state index is -0.609. The van der Waals surface area contributed by atoms with Crippen molar-refractivity contribution in [3.63, 3.8) is 0 Å². The highest BCUT2D eigenvalue weighted by Crippen LogP contribution is 2.14. The van der Waals surface area contributed by atoms with Gasteiger partial charge in [-0.2, -0.15) is 0 Å². The predicted molar refractivity (Wildman–Crippen MR) is 67.7 cm³/mol. The Labute approximate surface area is 104 Å². The molecule has 1 heterocycles. The van der Waals surface area contributed by atoms with E-state index < -0.39 is 5.54 Å². The van der Waals surface area contributed by atoms with Crippen molar-refractivity contribution in [1.29, 1.82) is 0 Å². The summed E-state index contributed by atoms with van der Waals surface area (Å²) in [6.07, 6.45) is 1.80. The number of amides is 1. The predicted octanol–water partition coefficient (Wildman–Crippen LogP) is -0.0493. The molecular weight excluding hydrogens is 218 g/mol. The Kier molecular flexibility index (Phi) is 5.36. The Morgan fingerprint density at radius 2 is 2.35 bits per heavy atom. The lowest BCUT2D eigenvalue weighted by molar-refractivity contribution is -0.124. The van der Waals surface area contributed by atoms with Gasteiger partial charge in [-0.25, -0.2) is 0 Å². The van der Waals surface area contributed by atoms with Crippen LogP contribution in [0.15, 0.2) is 0 Å². The highest BCUT2D eigenvalue weighted by atomic mass is 16.5. The Bertz CT molecular complexity index is 254. The van der Waals surface area contributed by atoms with E-state index in [4.69, 9.17) is 10.5 Å². The fraction of sp³-hybridized carbons (Fsp3) is 0.917. The van der Waals surface area contributed by atoms with Crippen LogP contribution in [0.4, 0.5) is 0 Å². The first-order valence-electron chi connectivity index (χ1n) is 6.32. The van der Waals surface area contributed by atoms with Crippen LogP contribution in [-0.2, 0) is 9.53 Å². The number of nitrogens with one attached hydrogen (secondary N) is 1. The van der Waals surface area contributed by atoms with Crippen molar-refractivity contribution in [3.05, 3.63) is 0 Å². The van der Waals surface area contributed by atoms with Crippen LogP contribution < -0.4 is 11.1 Å². The number of primary amides is 1. The maximum absolute atomic E-state index is 11.5. The van der Waals surface area contributed by atoms with Crippen LogP contribution >= 0.6 is 0 Å². The fourth-order valence-corrected chi connectivity index (χ4v) is 2.14. The molecule has 0 spiro atoms. The molecular formula is C12H25N3O2. The SMILES string of the molecule is CCNC(C)(CCN(C)C1CCOC1)C(N)=O. The quantitative estimate of drug-likeness (QED) is 0.658. The molecule has 2 unspecified atom stereocenters. The van der Waals surface area contributed by atoms with E-state index in [9.17, 15) is 4.79 Å². The van der Waals surface area contributed by atoms with Crippen molar-refractivity contribution in [1.82, 2.24) is 10.2 Å². The molecule has 0 aliphatic carbocycles. The van der Waals surface area contributed by atoms with E-state index in [0.29, 0.717) is 6.04 Å². The van der Waals surface area contributed by atoms with E-state index in [-0.39, 0.29) is 5.91 Å². The largest absolute Gasteiger partial charge is 0.380 e. The van der Waals surface area contributed by atoms with E-state index in [0.717, 1.165) is 39.1 Å². The second-order valence-electron chi connectivity index (χ2n) is 4.97. The lowest BCUT2D eigenvalue weighted by Gasteiger charge is -2.31. The Morgan fingerprint density at radius 3 is 2.82 bits per heavy atom. The number of carbonyl (C=O) groups is 1. The molecule has 3 N–H and O–H groups in total. The molecule has 5 nitrogen and oxygen atoms in total. The Morgan fingerprint density at radius 1 is 1.65 bits per heavy atom. The van der Waals surface area contributed by atoms with Crippen molar-refractivity contribution >= 4 is 5.91 Å². The first kappa shape index (κ1) is 14.4. The molecule has 100 valence electrons. The van der Waals surface area contributed by atoms with E-state index in [2.05, 4.69) is 17.3 Å². The monoisotopic (exact) mass is 243 g/mol. The molecule has 0 bridgehead atoms. The first-order valence-corrected chi connectivity index (χ1v) is 6.32. The van der Waals surface area contributed by atoms with Gasteiger partial charge < -0.3 is 20.7 Å². The molecule has 0 aromatic heterocycles. The maximum atomic E-state index is 11.5. The lowest BCUT2D eigenvalue weighted by Crippen LogP contribution is -2.54. The number of rotatable bonds is 7. The van der Waals surface area contributed by atoms with E-state index in [1.807, 2.05) is 13.8 Å².